The second kappa shape index (κ2) is 8.09. The molecule has 0 unspecified atom stereocenters. The van der Waals surface area contributed by atoms with Crippen LogP contribution in [0.4, 0.5) is 5.69 Å². The van der Waals surface area contributed by atoms with Crippen molar-refractivity contribution in [2.24, 2.45) is 5.10 Å². The van der Waals surface area contributed by atoms with E-state index < -0.39 is 4.92 Å². The molecule has 0 saturated carbocycles. The highest BCUT2D eigenvalue weighted by Gasteiger charge is 2.13. The molecule has 2 aromatic carbocycles. The second-order valence-corrected chi connectivity index (χ2v) is 5.81. The standard InChI is InChI=1S/C20H18N4O3/c1-2-16-10-9-15(13-19(16)24(26)27)14-21-22-20(25)17-7-3-4-8-18(17)23-11-5-6-12-23/h3-14H,2H2,1H3,(H,22,25)/b21-14-. The molecule has 1 N–H and O–H groups in total. The molecule has 136 valence electrons. The number of nitro benzene ring substituents is 1. The molecule has 7 heteroatoms. The summed E-state index contributed by atoms with van der Waals surface area (Å²) < 4.78 is 1.84. The van der Waals surface area contributed by atoms with Crippen molar-refractivity contribution in [1.29, 1.82) is 0 Å². The Balaban J connectivity index is 1.77. The summed E-state index contributed by atoms with van der Waals surface area (Å²) >= 11 is 0. The number of hydrazone groups is 1. The third-order valence-corrected chi connectivity index (χ3v) is 4.10. The van der Waals surface area contributed by atoms with Gasteiger partial charge in [-0.3, -0.25) is 14.9 Å². The van der Waals surface area contributed by atoms with Gasteiger partial charge in [0.15, 0.2) is 0 Å². The van der Waals surface area contributed by atoms with E-state index in [1.165, 1.54) is 12.3 Å². The molecule has 3 aromatic rings. The van der Waals surface area contributed by atoms with Crippen LogP contribution in [0.3, 0.4) is 0 Å². The maximum absolute atomic E-state index is 12.5. The normalized spacial score (nSPS) is 10.9. The first-order valence-electron chi connectivity index (χ1n) is 8.43. The number of aryl methyl sites for hydroxylation is 1. The van der Waals surface area contributed by atoms with E-state index in [1.807, 2.05) is 48.1 Å². The van der Waals surface area contributed by atoms with E-state index >= 15 is 0 Å². The fourth-order valence-corrected chi connectivity index (χ4v) is 2.74. The van der Waals surface area contributed by atoms with E-state index in [4.69, 9.17) is 0 Å². The summed E-state index contributed by atoms with van der Waals surface area (Å²) in [7, 11) is 0. The lowest BCUT2D eigenvalue weighted by molar-refractivity contribution is -0.385. The van der Waals surface area contributed by atoms with E-state index in [9.17, 15) is 14.9 Å². The number of carbonyl (C=O) groups is 1. The van der Waals surface area contributed by atoms with Gasteiger partial charge in [0, 0.05) is 29.6 Å². The Morgan fingerprint density at radius 3 is 2.63 bits per heavy atom. The first-order valence-corrected chi connectivity index (χ1v) is 8.43. The molecule has 0 bridgehead atoms. The van der Waals surface area contributed by atoms with Gasteiger partial charge in [0.25, 0.3) is 11.6 Å². The fraction of sp³-hybridized carbons (Fsp3) is 0.100. The maximum atomic E-state index is 12.5. The monoisotopic (exact) mass is 362 g/mol. The topological polar surface area (TPSA) is 89.5 Å². The van der Waals surface area contributed by atoms with Crippen LogP contribution in [0.2, 0.25) is 0 Å². The molecule has 0 radical (unpaired) electrons. The molecule has 0 atom stereocenters. The van der Waals surface area contributed by atoms with Gasteiger partial charge in [0.05, 0.1) is 22.4 Å². The van der Waals surface area contributed by atoms with Gasteiger partial charge in [-0.1, -0.05) is 31.2 Å². The van der Waals surface area contributed by atoms with Crippen LogP contribution in [-0.2, 0) is 6.42 Å². The zero-order valence-corrected chi connectivity index (χ0v) is 14.7. The summed E-state index contributed by atoms with van der Waals surface area (Å²) in [5, 5.41) is 15.1. The second-order valence-electron chi connectivity index (χ2n) is 5.81. The van der Waals surface area contributed by atoms with E-state index in [2.05, 4.69) is 10.5 Å². The van der Waals surface area contributed by atoms with Gasteiger partial charge in [0.1, 0.15) is 0 Å². The number of para-hydroxylation sites is 1. The third-order valence-electron chi connectivity index (χ3n) is 4.10. The molecule has 0 aliphatic carbocycles. The van der Waals surface area contributed by atoms with Gasteiger partial charge in [-0.15, -0.1) is 0 Å². The molecular weight excluding hydrogens is 344 g/mol. The van der Waals surface area contributed by atoms with Gasteiger partial charge >= 0.3 is 0 Å². The molecule has 1 heterocycles. The van der Waals surface area contributed by atoms with E-state index in [0.717, 1.165) is 5.69 Å². The molecule has 0 spiro atoms. The Morgan fingerprint density at radius 1 is 1.19 bits per heavy atom. The van der Waals surface area contributed by atoms with Gasteiger partial charge in [-0.2, -0.15) is 5.10 Å². The number of amides is 1. The summed E-state index contributed by atoms with van der Waals surface area (Å²) in [6.45, 7) is 1.86. The van der Waals surface area contributed by atoms with Crippen LogP contribution in [-0.4, -0.2) is 21.6 Å². The van der Waals surface area contributed by atoms with Crippen molar-refractivity contribution in [2.45, 2.75) is 13.3 Å². The Hall–Kier alpha value is -3.74. The fourth-order valence-electron chi connectivity index (χ4n) is 2.74. The van der Waals surface area contributed by atoms with Crippen LogP contribution in [0, 0.1) is 10.1 Å². The van der Waals surface area contributed by atoms with Crippen molar-refractivity contribution >= 4 is 17.8 Å². The summed E-state index contributed by atoms with van der Waals surface area (Å²) in [4.78, 5) is 23.2. The molecule has 0 saturated heterocycles. The van der Waals surface area contributed by atoms with Crippen molar-refractivity contribution < 1.29 is 9.72 Å². The van der Waals surface area contributed by atoms with Gasteiger partial charge in [-0.05, 0) is 30.7 Å². The lowest BCUT2D eigenvalue weighted by atomic mass is 10.1. The van der Waals surface area contributed by atoms with Crippen LogP contribution in [0.1, 0.15) is 28.4 Å². The summed E-state index contributed by atoms with van der Waals surface area (Å²) in [6, 6.07) is 15.8. The Bertz CT molecular complexity index is 994. The highest BCUT2D eigenvalue weighted by molar-refractivity contribution is 5.98. The number of hydrogen-bond donors (Lipinski definition) is 1. The van der Waals surface area contributed by atoms with E-state index in [-0.39, 0.29) is 11.6 Å². The molecule has 1 amide bonds. The van der Waals surface area contributed by atoms with Crippen molar-refractivity contribution in [1.82, 2.24) is 9.99 Å². The summed E-state index contributed by atoms with van der Waals surface area (Å²) in [6.07, 6.45) is 5.66. The first kappa shape index (κ1) is 18.1. The molecule has 0 aliphatic rings. The van der Waals surface area contributed by atoms with Gasteiger partial charge in [0.2, 0.25) is 0 Å². The molecule has 1 aromatic heterocycles. The minimum Gasteiger partial charge on any atom is -0.323 e. The number of hydrogen-bond acceptors (Lipinski definition) is 4. The number of nitrogens with zero attached hydrogens (tertiary/aromatic N) is 3. The summed E-state index contributed by atoms with van der Waals surface area (Å²) in [5.74, 6) is -0.366. The number of nitro groups is 1. The predicted molar refractivity (Wildman–Crippen MR) is 103 cm³/mol. The number of benzene rings is 2. The predicted octanol–water partition coefficient (Wildman–Crippen LogP) is 3.71. The zero-order valence-electron chi connectivity index (χ0n) is 14.7. The highest BCUT2D eigenvalue weighted by Crippen LogP contribution is 2.20. The van der Waals surface area contributed by atoms with Crippen LogP contribution in [0.15, 0.2) is 72.1 Å². The molecular formula is C20H18N4O3. The highest BCUT2D eigenvalue weighted by atomic mass is 16.6. The quantitative estimate of drug-likeness (QED) is 0.412. The van der Waals surface area contributed by atoms with Gasteiger partial charge < -0.3 is 4.57 Å². The molecule has 0 fully saturated rings. The van der Waals surface area contributed by atoms with Crippen LogP contribution in [0.25, 0.3) is 5.69 Å². The summed E-state index contributed by atoms with van der Waals surface area (Å²) in [5.41, 5.74) is 4.92. The van der Waals surface area contributed by atoms with Crippen molar-refractivity contribution in [2.75, 3.05) is 0 Å². The van der Waals surface area contributed by atoms with Crippen molar-refractivity contribution in [3.63, 3.8) is 0 Å². The number of rotatable bonds is 6. The Morgan fingerprint density at radius 2 is 1.93 bits per heavy atom. The lowest BCUT2D eigenvalue weighted by Gasteiger charge is -2.09. The van der Waals surface area contributed by atoms with Crippen molar-refractivity contribution in [3.8, 4) is 5.69 Å². The Labute approximate surface area is 156 Å². The third kappa shape index (κ3) is 4.09. The zero-order chi connectivity index (χ0) is 19.2. The van der Waals surface area contributed by atoms with Crippen LogP contribution < -0.4 is 5.43 Å². The molecule has 7 nitrogen and oxygen atoms in total. The smallest absolute Gasteiger partial charge is 0.273 e. The largest absolute Gasteiger partial charge is 0.323 e. The minimum atomic E-state index is -0.415. The first-order chi connectivity index (χ1) is 13.1. The van der Waals surface area contributed by atoms with Gasteiger partial charge in [-0.25, -0.2) is 5.43 Å². The molecule has 0 aliphatic heterocycles. The average Bonchev–Trinajstić information content (AvgIpc) is 3.22. The molecule has 27 heavy (non-hydrogen) atoms. The number of nitrogens with one attached hydrogen (secondary N) is 1. The van der Waals surface area contributed by atoms with E-state index in [1.54, 1.807) is 24.3 Å². The van der Waals surface area contributed by atoms with Crippen LogP contribution in [0.5, 0.6) is 0 Å². The lowest BCUT2D eigenvalue weighted by Crippen LogP contribution is -2.19. The minimum absolute atomic E-state index is 0.0470. The molecule has 3 rings (SSSR count). The SMILES string of the molecule is CCc1ccc(/C=N\NC(=O)c2ccccc2-n2cccc2)cc1[N+](=O)[O-]. The van der Waals surface area contributed by atoms with Crippen LogP contribution >= 0.6 is 0 Å². The average molecular weight is 362 g/mol. The number of carbonyl (C=O) groups excluding carboxylic acids is 1. The maximum Gasteiger partial charge on any atom is 0.273 e. The van der Waals surface area contributed by atoms with Crippen molar-refractivity contribution in [3.05, 3.63) is 93.8 Å². The van der Waals surface area contributed by atoms with E-state index in [0.29, 0.717) is 23.1 Å². The number of aromatic nitrogens is 1. The Kier molecular flexibility index (Phi) is 5.41.